The Bertz CT molecular complexity index is 671. The molecule has 3 N–H and O–H groups in total. The Balaban J connectivity index is 0.00000312. The number of hydrogen-bond acceptors (Lipinski definition) is 3. The maximum absolute atomic E-state index is 13.3. The van der Waals surface area contributed by atoms with E-state index in [4.69, 9.17) is 10.5 Å². The molecule has 0 aromatic heterocycles. The van der Waals surface area contributed by atoms with Gasteiger partial charge in [0.2, 0.25) is 5.91 Å². The van der Waals surface area contributed by atoms with Crippen LogP contribution in [-0.4, -0.2) is 19.1 Å². The molecule has 0 aliphatic carbocycles. The van der Waals surface area contributed by atoms with Crippen LogP contribution in [0.5, 0.6) is 5.75 Å². The molecule has 1 unspecified atom stereocenters. The van der Waals surface area contributed by atoms with Crippen LogP contribution in [0.15, 0.2) is 48.5 Å². The van der Waals surface area contributed by atoms with Gasteiger partial charge in [-0.3, -0.25) is 4.79 Å². The molecule has 0 aliphatic rings. The molecular formula is C18H21ClF2N2O2. The Kier molecular flexibility index (Phi) is 8.88. The Morgan fingerprint density at radius 3 is 2.56 bits per heavy atom. The van der Waals surface area contributed by atoms with Crippen LogP contribution >= 0.6 is 12.4 Å². The maximum atomic E-state index is 13.3. The van der Waals surface area contributed by atoms with E-state index in [0.29, 0.717) is 13.0 Å². The number of nitrogens with two attached hydrogens (primary N) is 1. The van der Waals surface area contributed by atoms with Crippen molar-refractivity contribution >= 4 is 18.3 Å². The molecule has 0 saturated carbocycles. The van der Waals surface area contributed by atoms with Gasteiger partial charge in [-0.2, -0.15) is 0 Å². The Hall–Kier alpha value is -2.18. The molecule has 0 heterocycles. The molecule has 2 aromatic carbocycles. The highest BCUT2D eigenvalue weighted by Crippen LogP contribution is 2.17. The predicted molar refractivity (Wildman–Crippen MR) is 94.7 cm³/mol. The summed E-state index contributed by atoms with van der Waals surface area (Å²) in [6, 6.07) is 12.3. The van der Waals surface area contributed by atoms with E-state index in [-0.39, 0.29) is 43.1 Å². The van der Waals surface area contributed by atoms with Gasteiger partial charge in [-0.05, 0) is 24.1 Å². The third-order valence-corrected chi connectivity index (χ3v) is 3.45. The molecule has 2 aromatic rings. The van der Waals surface area contributed by atoms with E-state index in [2.05, 4.69) is 5.32 Å². The van der Waals surface area contributed by atoms with Gasteiger partial charge >= 0.3 is 0 Å². The van der Waals surface area contributed by atoms with Gasteiger partial charge in [0, 0.05) is 25.1 Å². The molecule has 0 saturated heterocycles. The van der Waals surface area contributed by atoms with Crippen LogP contribution in [0.2, 0.25) is 0 Å². The van der Waals surface area contributed by atoms with E-state index >= 15 is 0 Å². The minimum atomic E-state index is -0.756. The number of rotatable bonds is 8. The zero-order valence-electron chi connectivity index (χ0n) is 13.6. The van der Waals surface area contributed by atoms with E-state index in [1.54, 1.807) is 0 Å². The molecule has 0 radical (unpaired) electrons. The van der Waals surface area contributed by atoms with E-state index in [0.717, 1.165) is 17.7 Å². The molecule has 1 amide bonds. The minimum Gasteiger partial charge on any atom is -0.491 e. The van der Waals surface area contributed by atoms with E-state index in [1.165, 1.54) is 6.07 Å². The summed E-state index contributed by atoms with van der Waals surface area (Å²) in [5.74, 6) is -1.59. The van der Waals surface area contributed by atoms with Crippen LogP contribution < -0.4 is 15.8 Å². The normalized spacial score (nSPS) is 11.3. The Morgan fingerprint density at radius 2 is 1.88 bits per heavy atom. The van der Waals surface area contributed by atoms with Crippen molar-refractivity contribution in [2.45, 2.75) is 18.9 Å². The van der Waals surface area contributed by atoms with E-state index in [9.17, 15) is 13.6 Å². The first-order valence-electron chi connectivity index (χ1n) is 7.71. The fourth-order valence-corrected chi connectivity index (χ4v) is 2.14. The first kappa shape index (κ1) is 20.9. The number of benzene rings is 2. The molecule has 0 bridgehead atoms. The lowest BCUT2D eigenvalue weighted by Crippen LogP contribution is -2.31. The second kappa shape index (κ2) is 10.6. The lowest BCUT2D eigenvalue weighted by molar-refractivity contribution is -0.121. The maximum Gasteiger partial charge on any atom is 0.220 e. The molecule has 136 valence electrons. The fraction of sp³-hybridized carbons (Fsp3) is 0.278. The lowest BCUT2D eigenvalue weighted by Gasteiger charge is -2.13. The molecule has 25 heavy (non-hydrogen) atoms. The first-order valence-corrected chi connectivity index (χ1v) is 7.71. The highest BCUT2D eigenvalue weighted by molar-refractivity contribution is 5.85. The molecule has 4 nitrogen and oxygen atoms in total. The lowest BCUT2D eigenvalue weighted by atomic mass is 10.1. The van der Waals surface area contributed by atoms with Crippen LogP contribution in [0.4, 0.5) is 8.78 Å². The van der Waals surface area contributed by atoms with Gasteiger partial charge in [0.25, 0.3) is 0 Å². The van der Waals surface area contributed by atoms with Crippen molar-refractivity contribution in [3.05, 3.63) is 65.7 Å². The van der Waals surface area contributed by atoms with E-state index < -0.39 is 11.6 Å². The average Bonchev–Trinajstić information content (AvgIpc) is 2.59. The van der Waals surface area contributed by atoms with Gasteiger partial charge in [-0.25, -0.2) is 8.78 Å². The number of amides is 1. The third-order valence-electron chi connectivity index (χ3n) is 3.45. The smallest absolute Gasteiger partial charge is 0.220 e. The summed E-state index contributed by atoms with van der Waals surface area (Å²) in [6.45, 7) is 0.511. The van der Waals surface area contributed by atoms with Gasteiger partial charge in [0.1, 0.15) is 5.82 Å². The molecular weight excluding hydrogens is 350 g/mol. The third kappa shape index (κ3) is 7.07. The zero-order valence-corrected chi connectivity index (χ0v) is 14.4. The highest BCUT2D eigenvalue weighted by Gasteiger charge is 2.08. The van der Waals surface area contributed by atoms with Crippen LogP contribution in [0.3, 0.4) is 0 Å². The summed E-state index contributed by atoms with van der Waals surface area (Å²) in [5.41, 5.74) is 6.94. The van der Waals surface area contributed by atoms with Crippen molar-refractivity contribution < 1.29 is 18.3 Å². The summed E-state index contributed by atoms with van der Waals surface area (Å²) in [6.07, 6.45) is 0.660. The van der Waals surface area contributed by atoms with Crippen LogP contribution in [0.25, 0.3) is 0 Å². The molecule has 0 aliphatic heterocycles. The topological polar surface area (TPSA) is 64.3 Å². The fourth-order valence-electron chi connectivity index (χ4n) is 2.14. The second-order valence-corrected chi connectivity index (χ2v) is 5.35. The van der Waals surface area contributed by atoms with Crippen LogP contribution in [0, 0.1) is 11.6 Å². The summed E-state index contributed by atoms with van der Waals surface area (Å²) in [5, 5.41) is 2.76. The summed E-state index contributed by atoms with van der Waals surface area (Å²) < 4.78 is 31.3. The van der Waals surface area contributed by atoms with Crippen molar-refractivity contribution in [3.8, 4) is 5.75 Å². The number of ether oxygens (including phenoxy) is 1. The molecule has 2 rings (SSSR count). The highest BCUT2D eigenvalue weighted by atomic mass is 35.5. The molecule has 7 heteroatoms. The zero-order chi connectivity index (χ0) is 17.4. The standard InChI is InChI=1S/C18H20F2N2O2.ClH/c19-14-8-9-17(15(20)11-14)24-10-4-7-18(23)22-12-16(21)13-5-2-1-3-6-13;/h1-3,5-6,8-9,11,16H,4,7,10,12,21H2,(H,22,23);1H. The predicted octanol–water partition coefficient (Wildman–Crippen LogP) is 3.36. The molecule has 0 spiro atoms. The Morgan fingerprint density at radius 1 is 1.16 bits per heavy atom. The van der Waals surface area contributed by atoms with Gasteiger partial charge in [-0.15, -0.1) is 12.4 Å². The van der Waals surface area contributed by atoms with Crippen molar-refractivity contribution in [2.24, 2.45) is 5.73 Å². The molecule has 0 fully saturated rings. The van der Waals surface area contributed by atoms with Gasteiger partial charge in [0.15, 0.2) is 11.6 Å². The largest absolute Gasteiger partial charge is 0.491 e. The average molecular weight is 371 g/mol. The van der Waals surface area contributed by atoms with Crippen LogP contribution in [-0.2, 0) is 4.79 Å². The number of halogens is 3. The van der Waals surface area contributed by atoms with Crippen LogP contribution in [0.1, 0.15) is 24.4 Å². The van der Waals surface area contributed by atoms with Gasteiger partial charge in [0.05, 0.1) is 6.61 Å². The Labute approximate surface area is 151 Å². The van der Waals surface area contributed by atoms with Crippen molar-refractivity contribution in [2.75, 3.05) is 13.2 Å². The SMILES string of the molecule is Cl.NC(CNC(=O)CCCOc1ccc(F)cc1F)c1ccccc1. The minimum absolute atomic E-state index is 0. The van der Waals surface area contributed by atoms with E-state index in [1.807, 2.05) is 30.3 Å². The van der Waals surface area contributed by atoms with Gasteiger partial charge in [-0.1, -0.05) is 30.3 Å². The number of carbonyl (C=O) groups is 1. The number of nitrogens with one attached hydrogen (secondary N) is 1. The van der Waals surface area contributed by atoms with Crippen molar-refractivity contribution in [3.63, 3.8) is 0 Å². The molecule has 1 atom stereocenters. The first-order chi connectivity index (χ1) is 11.6. The number of hydrogen-bond donors (Lipinski definition) is 2. The summed E-state index contributed by atoms with van der Waals surface area (Å²) in [7, 11) is 0. The van der Waals surface area contributed by atoms with Gasteiger partial charge < -0.3 is 15.8 Å². The van der Waals surface area contributed by atoms with Crippen molar-refractivity contribution in [1.29, 1.82) is 0 Å². The summed E-state index contributed by atoms with van der Waals surface area (Å²) in [4.78, 5) is 11.8. The van der Waals surface area contributed by atoms with Crippen molar-refractivity contribution in [1.82, 2.24) is 5.32 Å². The summed E-state index contributed by atoms with van der Waals surface area (Å²) >= 11 is 0. The monoisotopic (exact) mass is 370 g/mol. The number of carbonyl (C=O) groups excluding carboxylic acids is 1. The quantitative estimate of drug-likeness (QED) is 0.700. The second-order valence-electron chi connectivity index (χ2n) is 5.35.